The summed E-state index contributed by atoms with van der Waals surface area (Å²) in [5, 5.41) is 12.5. The van der Waals surface area contributed by atoms with Crippen molar-refractivity contribution in [3.05, 3.63) is 35.9 Å². The van der Waals surface area contributed by atoms with Crippen molar-refractivity contribution in [2.75, 3.05) is 13.2 Å². The fraction of sp³-hybridized carbons (Fsp3) is 0.684. The van der Waals surface area contributed by atoms with Crippen LogP contribution in [0.5, 0.6) is 0 Å². The van der Waals surface area contributed by atoms with Gasteiger partial charge in [-0.25, -0.2) is 0 Å². The van der Waals surface area contributed by atoms with Gasteiger partial charge >= 0.3 is 0 Å². The molecule has 136 valence electrons. The zero-order valence-corrected chi connectivity index (χ0v) is 14.6. The van der Waals surface area contributed by atoms with Crippen LogP contribution in [0.2, 0.25) is 0 Å². The summed E-state index contributed by atoms with van der Waals surface area (Å²) in [5.41, 5.74) is 12.5. The van der Waals surface area contributed by atoms with Gasteiger partial charge in [0.05, 0.1) is 12.2 Å². The number of hydrogen-bond donors (Lipinski definition) is 4. The van der Waals surface area contributed by atoms with E-state index in [0.717, 1.165) is 26.1 Å². The van der Waals surface area contributed by atoms with Crippen LogP contribution >= 0.6 is 0 Å². The molecule has 2 fully saturated rings. The Morgan fingerprint density at radius 3 is 2.33 bits per heavy atom. The largest absolute Gasteiger partial charge is 0.393 e. The van der Waals surface area contributed by atoms with Gasteiger partial charge in [0, 0.05) is 31.8 Å². The van der Waals surface area contributed by atoms with Crippen LogP contribution in [0.15, 0.2) is 30.3 Å². The molecule has 5 nitrogen and oxygen atoms in total. The van der Waals surface area contributed by atoms with Crippen LogP contribution < -0.4 is 16.8 Å². The second-order valence-electron chi connectivity index (χ2n) is 6.99. The summed E-state index contributed by atoms with van der Waals surface area (Å²) < 4.78 is 5.65. The van der Waals surface area contributed by atoms with Crippen LogP contribution in [0.4, 0.5) is 0 Å². The molecule has 1 aromatic rings. The zero-order chi connectivity index (χ0) is 17.2. The minimum absolute atomic E-state index is 0.115. The molecule has 1 aliphatic carbocycles. The number of nitrogens with one attached hydrogen (secondary N) is 1. The molecule has 3 rings (SSSR count). The maximum atomic E-state index is 9.09. The molecule has 1 saturated carbocycles. The third kappa shape index (κ3) is 7.73. The van der Waals surface area contributed by atoms with E-state index in [1.165, 1.54) is 24.8 Å². The van der Waals surface area contributed by atoms with Crippen molar-refractivity contribution in [3.8, 4) is 0 Å². The molecule has 1 aliphatic heterocycles. The van der Waals surface area contributed by atoms with Gasteiger partial charge in [0.25, 0.3) is 0 Å². The van der Waals surface area contributed by atoms with E-state index in [9.17, 15) is 0 Å². The predicted molar refractivity (Wildman–Crippen MR) is 97.5 cm³/mol. The van der Waals surface area contributed by atoms with Gasteiger partial charge < -0.3 is 26.6 Å². The minimum atomic E-state index is -0.260. The van der Waals surface area contributed by atoms with Crippen molar-refractivity contribution in [1.82, 2.24) is 5.32 Å². The summed E-state index contributed by atoms with van der Waals surface area (Å²) in [5.74, 6) is 0. The third-order valence-corrected chi connectivity index (χ3v) is 4.57. The maximum Gasteiger partial charge on any atom is 0.0699 e. The molecule has 3 unspecified atom stereocenters. The molecule has 0 bridgehead atoms. The molecule has 0 spiro atoms. The van der Waals surface area contributed by atoms with Gasteiger partial charge in [-0.2, -0.15) is 0 Å². The molecule has 0 aromatic heterocycles. The van der Waals surface area contributed by atoms with Crippen molar-refractivity contribution < 1.29 is 9.84 Å². The molecule has 0 amide bonds. The first-order chi connectivity index (χ1) is 11.6. The van der Waals surface area contributed by atoms with Crippen LogP contribution in [0.3, 0.4) is 0 Å². The first-order valence-electron chi connectivity index (χ1n) is 9.19. The van der Waals surface area contributed by atoms with Crippen molar-refractivity contribution in [3.63, 3.8) is 0 Å². The molecule has 1 aromatic carbocycles. The Bertz CT molecular complexity index is 412. The SMILES string of the molecule is NC1CC(N)CC(O)C1.c1ccc(CNCC2CCCCO2)cc1. The van der Waals surface area contributed by atoms with E-state index in [1.807, 2.05) is 6.07 Å². The molecule has 0 radical (unpaired) electrons. The fourth-order valence-corrected chi connectivity index (χ4v) is 3.32. The molecule has 6 N–H and O–H groups in total. The van der Waals surface area contributed by atoms with E-state index in [-0.39, 0.29) is 18.2 Å². The van der Waals surface area contributed by atoms with Crippen molar-refractivity contribution in [2.24, 2.45) is 11.5 Å². The molecule has 24 heavy (non-hydrogen) atoms. The Labute approximate surface area is 145 Å². The standard InChI is InChI=1S/C13H19NO.C6H14N2O/c1-2-6-12(7-3-1)10-14-11-13-8-4-5-9-15-13;7-4-1-5(8)3-6(9)2-4/h1-3,6-7,13-14H,4-5,8-11H2;4-6,9H,1-3,7-8H2. The second-order valence-corrected chi connectivity index (χ2v) is 6.99. The van der Waals surface area contributed by atoms with E-state index in [2.05, 4.69) is 29.6 Å². The van der Waals surface area contributed by atoms with E-state index >= 15 is 0 Å². The second kappa shape index (κ2) is 10.8. The maximum absolute atomic E-state index is 9.09. The summed E-state index contributed by atoms with van der Waals surface area (Å²) in [6.07, 6.45) is 6.22. The summed E-state index contributed by atoms with van der Waals surface area (Å²) >= 11 is 0. The molecule has 1 saturated heterocycles. The Morgan fingerprint density at radius 2 is 1.75 bits per heavy atom. The van der Waals surface area contributed by atoms with Gasteiger partial charge in [-0.15, -0.1) is 0 Å². The van der Waals surface area contributed by atoms with Gasteiger partial charge in [-0.3, -0.25) is 0 Å². The minimum Gasteiger partial charge on any atom is -0.393 e. The van der Waals surface area contributed by atoms with Gasteiger partial charge in [-0.05, 0) is 44.1 Å². The predicted octanol–water partition coefficient (Wildman–Crippen LogP) is 1.53. The van der Waals surface area contributed by atoms with Crippen LogP contribution in [0, 0.1) is 0 Å². The molecule has 2 aliphatic rings. The Hall–Kier alpha value is -0.980. The number of aliphatic hydroxyl groups is 1. The summed E-state index contributed by atoms with van der Waals surface area (Å²) in [4.78, 5) is 0. The van der Waals surface area contributed by atoms with Gasteiger partial charge in [0.15, 0.2) is 0 Å². The fourth-order valence-electron chi connectivity index (χ4n) is 3.32. The number of nitrogens with two attached hydrogens (primary N) is 2. The number of benzene rings is 1. The summed E-state index contributed by atoms with van der Waals surface area (Å²) in [6.45, 7) is 2.87. The lowest BCUT2D eigenvalue weighted by Gasteiger charge is -2.27. The molecular weight excluding hydrogens is 302 g/mol. The highest BCUT2D eigenvalue weighted by Gasteiger charge is 2.22. The molecule has 5 heteroatoms. The smallest absolute Gasteiger partial charge is 0.0699 e. The average molecular weight is 335 g/mol. The van der Waals surface area contributed by atoms with Gasteiger partial charge in [0.2, 0.25) is 0 Å². The molecule has 1 heterocycles. The van der Waals surface area contributed by atoms with Gasteiger partial charge in [-0.1, -0.05) is 30.3 Å². The molecular formula is C19H33N3O2. The van der Waals surface area contributed by atoms with E-state index in [0.29, 0.717) is 18.9 Å². The average Bonchev–Trinajstić information content (AvgIpc) is 2.56. The lowest BCUT2D eigenvalue weighted by Crippen LogP contribution is -2.41. The lowest BCUT2D eigenvalue weighted by atomic mass is 9.90. The third-order valence-electron chi connectivity index (χ3n) is 4.57. The lowest BCUT2D eigenvalue weighted by molar-refractivity contribution is 0.0168. The van der Waals surface area contributed by atoms with Crippen molar-refractivity contribution in [1.29, 1.82) is 0 Å². The van der Waals surface area contributed by atoms with Gasteiger partial charge in [0.1, 0.15) is 0 Å². The quantitative estimate of drug-likeness (QED) is 0.669. The first kappa shape index (κ1) is 19.3. The number of aliphatic hydroxyl groups excluding tert-OH is 1. The number of hydrogen-bond acceptors (Lipinski definition) is 5. The van der Waals surface area contributed by atoms with E-state index in [1.54, 1.807) is 0 Å². The van der Waals surface area contributed by atoms with Crippen molar-refractivity contribution >= 4 is 0 Å². The van der Waals surface area contributed by atoms with Crippen LogP contribution in [-0.2, 0) is 11.3 Å². The summed E-state index contributed by atoms with van der Waals surface area (Å²) in [7, 11) is 0. The number of ether oxygens (including phenoxy) is 1. The van der Waals surface area contributed by atoms with Crippen LogP contribution in [-0.4, -0.2) is 42.5 Å². The Kier molecular flexibility index (Phi) is 8.70. The highest BCUT2D eigenvalue weighted by Crippen LogP contribution is 2.15. The molecule has 3 atom stereocenters. The number of rotatable bonds is 4. The topological polar surface area (TPSA) is 93.5 Å². The Morgan fingerprint density at radius 1 is 1.04 bits per heavy atom. The normalized spacial score (nSPS) is 30.3. The van der Waals surface area contributed by atoms with Crippen molar-refractivity contribution in [2.45, 2.75) is 69.4 Å². The van der Waals surface area contributed by atoms with Crippen LogP contribution in [0.1, 0.15) is 44.1 Å². The highest BCUT2D eigenvalue weighted by atomic mass is 16.5. The van der Waals surface area contributed by atoms with E-state index < -0.39 is 0 Å². The Balaban J connectivity index is 0.000000198. The first-order valence-corrected chi connectivity index (χ1v) is 9.19. The van der Waals surface area contributed by atoms with E-state index in [4.69, 9.17) is 21.3 Å². The monoisotopic (exact) mass is 335 g/mol. The van der Waals surface area contributed by atoms with Crippen LogP contribution in [0.25, 0.3) is 0 Å². The summed E-state index contributed by atoms with van der Waals surface area (Å²) in [6, 6.07) is 10.7. The highest BCUT2D eigenvalue weighted by molar-refractivity contribution is 5.14. The zero-order valence-electron chi connectivity index (χ0n) is 14.6.